The highest BCUT2D eigenvalue weighted by atomic mass is 35.5. The Morgan fingerprint density at radius 2 is 1.97 bits per heavy atom. The highest BCUT2D eigenvalue weighted by Crippen LogP contribution is 2.35. The number of halogens is 3. The third-order valence-electron chi connectivity index (χ3n) is 4.61. The number of hydrogen-bond acceptors (Lipinski definition) is 5. The number of benzene rings is 2. The molecule has 0 saturated heterocycles. The Kier molecular flexibility index (Phi) is 4.42. The number of nitrogens with one attached hydrogen (secondary N) is 1. The zero-order valence-electron chi connectivity index (χ0n) is 14.9. The maximum absolute atomic E-state index is 13.8. The van der Waals surface area contributed by atoms with Crippen LogP contribution in [0.5, 0.6) is 11.5 Å². The molecule has 0 atom stereocenters. The predicted molar refractivity (Wildman–Crippen MR) is 110 cm³/mol. The maximum Gasteiger partial charge on any atom is 0.196 e. The Labute approximate surface area is 178 Å². The molecular formula is C21H10Cl2FN3O3. The van der Waals surface area contributed by atoms with Crippen LogP contribution in [0.3, 0.4) is 0 Å². The van der Waals surface area contributed by atoms with E-state index in [9.17, 15) is 9.18 Å². The van der Waals surface area contributed by atoms with Crippen LogP contribution < -0.4 is 4.74 Å². The number of aromatic amines is 1. The van der Waals surface area contributed by atoms with Crippen LogP contribution in [0.4, 0.5) is 4.39 Å². The minimum atomic E-state index is -0.411. The lowest BCUT2D eigenvalue weighted by molar-refractivity contribution is 0.104. The summed E-state index contributed by atoms with van der Waals surface area (Å²) < 4.78 is 24.9. The van der Waals surface area contributed by atoms with Crippen molar-refractivity contribution in [3.63, 3.8) is 0 Å². The van der Waals surface area contributed by atoms with Crippen molar-refractivity contribution >= 4 is 51.0 Å². The van der Waals surface area contributed by atoms with Crippen LogP contribution in [0.2, 0.25) is 10.2 Å². The molecule has 0 spiro atoms. The largest absolute Gasteiger partial charge is 0.460 e. The van der Waals surface area contributed by atoms with Gasteiger partial charge in [0.15, 0.2) is 17.1 Å². The standard InChI is InChI=1S/C21H10Cl2FN3O3/c22-14-7-10(30-16-4-3-15(24)12-5-6-29-19(12)16)1-2-11(14)18(28)13-8-25-21-17(13)20(23)26-9-27-21/h1-9H,(H,25,26,27). The number of nitrogens with zero attached hydrogens (tertiary/aromatic N) is 2. The van der Waals surface area contributed by atoms with Crippen molar-refractivity contribution in [2.24, 2.45) is 0 Å². The van der Waals surface area contributed by atoms with E-state index in [1.54, 1.807) is 12.1 Å². The number of carbonyl (C=O) groups is 1. The molecule has 0 aliphatic rings. The quantitative estimate of drug-likeness (QED) is 0.266. The van der Waals surface area contributed by atoms with Crippen LogP contribution >= 0.6 is 23.2 Å². The minimum absolute atomic E-state index is 0.166. The predicted octanol–water partition coefficient (Wildman–Crippen LogP) is 6.17. The van der Waals surface area contributed by atoms with Gasteiger partial charge in [-0.3, -0.25) is 4.79 Å². The van der Waals surface area contributed by atoms with Gasteiger partial charge >= 0.3 is 0 Å². The molecule has 0 radical (unpaired) electrons. The average Bonchev–Trinajstić information content (AvgIpc) is 3.38. The molecule has 148 valence electrons. The zero-order valence-corrected chi connectivity index (χ0v) is 16.5. The summed E-state index contributed by atoms with van der Waals surface area (Å²) in [6.07, 6.45) is 4.20. The molecule has 9 heteroatoms. The van der Waals surface area contributed by atoms with Gasteiger partial charge in [0.25, 0.3) is 0 Å². The number of hydrogen-bond donors (Lipinski definition) is 1. The third kappa shape index (κ3) is 2.99. The molecule has 0 amide bonds. The summed E-state index contributed by atoms with van der Waals surface area (Å²) in [5.74, 6) is -0.0654. The second kappa shape index (κ2) is 7.12. The van der Waals surface area contributed by atoms with Gasteiger partial charge in [-0.05, 0) is 30.3 Å². The molecule has 0 saturated carbocycles. The Morgan fingerprint density at radius 1 is 1.10 bits per heavy atom. The van der Waals surface area contributed by atoms with Crippen LogP contribution in [0.25, 0.3) is 22.0 Å². The van der Waals surface area contributed by atoms with Crippen molar-refractivity contribution in [2.45, 2.75) is 0 Å². The summed E-state index contributed by atoms with van der Waals surface area (Å²) in [5.41, 5.74) is 1.29. The first-order chi connectivity index (χ1) is 14.5. The summed E-state index contributed by atoms with van der Waals surface area (Å²) in [6.45, 7) is 0. The molecule has 1 N–H and O–H groups in total. The van der Waals surface area contributed by atoms with Crippen molar-refractivity contribution < 1.29 is 18.3 Å². The van der Waals surface area contributed by atoms with E-state index in [0.29, 0.717) is 33.5 Å². The van der Waals surface area contributed by atoms with E-state index in [4.69, 9.17) is 32.4 Å². The van der Waals surface area contributed by atoms with Gasteiger partial charge in [0, 0.05) is 17.8 Å². The number of rotatable bonds is 4. The SMILES string of the molecule is O=C(c1ccc(Oc2ccc(F)c3ccoc23)cc1Cl)c1c[nH]c2ncnc(Cl)c12. The Hall–Kier alpha value is -3.42. The molecule has 0 aliphatic heterocycles. The Bertz CT molecular complexity index is 1440. The van der Waals surface area contributed by atoms with Crippen LogP contribution in [-0.2, 0) is 0 Å². The number of ketones is 1. The molecule has 3 heterocycles. The lowest BCUT2D eigenvalue weighted by Gasteiger charge is -2.09. The summed E-state index contributed by atoms with van der Waals surface area (Å²) in [4.78, 5) is 23.9. The van der Waals surface area contributed by atoms with Gasteiger partial charge in [0.05, 0.1) is 27.6 Å². The van der Waals surface area contributed by atoms with Crippen LogP contribution in [0, 0.1) is 5.82 Å². The highest BCUT2D eigenvalue weighted by Gasteiger charge is 2.20. The second-order valence-electron chi connectivity index (χ2n) is 6.37. The lowest BCUT2D eigenvalue weighted by atomic mass is 10.0. The van der Waals surface area contributed by atoms with Gasteiger partial charge in [0.1, 0.15) is 28.7 Å². The minimum Gasteiger partial charge on any atom is -0.460 e. The highest BCUT2D eigenvalue weighted by molar-refractivity contribution is 6.38. The monoisotopic (exact) mass is 441 g/mol. The molecule has 0 aliphatic carbocycles. The van der Waals surface area contributed by atoms with Crippen LogP contribution in [0.15, 0.2) is 59.6 Å². The van der Waals surface area contributed by atoms with E-state index < -0.39 is 5.82 Å². The van der Waals surface area contributed by atoms with E-state index in [2.05, 4.69) is 15.0 Å². The van der Waals surface area contributed by atoms with E-state index >= 15 is 0 Å². The summed E-state index contributed by atoms with van der Waals surface area (Å²) in [6, 6.07) is 8.89. The molecule has 0 bridgehead atoms. The average molecular weight is 442 g/mol. The van der Waals surface area contributed by atoms with Gasteiger partial charge in [-0.15, -0.1) is 0 Å². The molecule has 5 aromatic rings. The molecular weight excluding hydrogens is 432 g/mol. The van der Waals surface area contributed by atoms with E-state index in [1.165, 1.54) is 43.1 Å². The van der Waals surface area contributed by atoms with E-state index in [1.807, 2.05) is 0 Å². The Morgan fingerprint density at radius 3 is 2.80 bits per heavy atom. The third-order valence-corrected chi connectivity index (χ3v) is 5.21. The molecule has 6 nitrogen and oxygen atoms in total. The summed E-state index contributed by atoms with van der Waals surface area (Å²) in [5, 5.41) is 1.08. The van der Waals surface area contributed by atoms with Crippen LogP contribution in [0.1, 0.15) is 15.9 Å². The van der Waals surface area contributed by atoms with Crippen molar-refractivity contribution in [1.29, 1.82) is 0 Å². The van der Waals surface area contributed by atoms with Gasteiger partial charge < -0.3 is 14.1 Å². The number of fused-ring (bicyclic) bond motifs is 2. The lowest BCUT2D eigenvalue weighted by Crippen LogP contribution is -2.02. The summed E-state index contributed by atoms with van der Waals surface area (Å²) >= 11 is 12.5. The van der Waals surface area contributed by atoms with Crippen molar-refractivity contribution in [1.82, 2.24) is 15.0 Å². The van der Waals surface area contributed by atoms with Crippen molar-refractivity contribution in [3.05, 3.63) is 82.3 Å². The van der Waals surface area contributed by atoms with Gasteiger partial charge in [-0.2, -0.15) is 0 Å². The fraction of sp³-hybridized carbons (Fsp3) is 0. The number of aromatic nitrogens is 3. The normalized spacial score (nSPS) is 11.3. The van der Waals surface area contributed by atoms with Gasteiger partial charge in [0.2, 0.25) is 0 Å². The number of furan rings is 1. The molecule has 0 unspecified atom stereocenters. The topological polar surface area (TPSA) is 81.0 Å². The van der Waals surface area contributed by atoms with Crippen LogP contribution in [-0.4, -0.2) is 20.7 Å². The fourth-order valence-corrected chi connectivity index (χ4v) is 3.69. The Balaban J connectivity index is 1.49. The van der Waals surface area contributed by atoms with Crippen molar-refractivity contribution in [2.75, 3.05) is 0 Å². The number of H-pyrrole nitrogens is 1. The smallest absolute Gasteiger partial charge is 0.196 e. The summed E-state index contributed by atoms with van der Waals surface area (Å²) in [7, 11) is 0. The van der Waals surface area contributed by atoms with Crippen molar-refractivity contribution in [3.8, 4) is 11.5 Å². The molecule has 2 aromatic carbocycles. The molecule has 0 fully saturated rings. The fourth-order valence-electron chi connectivity index (χ4n) is 3.20. The number of ether oxygens (including phenoxy) is 1. The van der Waals surface area contributed by atoms with Gasteiger partial charge in [-0.1, -0.05) is 23.2 Å². The first kappa shape index (κ1) is 18.6. The first-order valence-electron chi connectivity index (χ1n) is 8.68. The first-order valence-corrected chi connectivity index (χ1v) is 9.44. The van der Waals surface area contributed by atoms with E-state index in [-0.39, 0.29) is 27.1 Å². The zero-order chi connectivity index (χ0) is 20.8. The number of carbonyl (C=O) groups excluding carboxylic acids is 1. The maximum atomic E-state index is 13.8. The molecule has 30 heavy (non-hydrogen) atoms. The molecule has 5 rings (SSSR count). The van der Waals surface area contributed by atoms with E-state index in [0.717, 1.165) is 0 Å². The van der Waals surface area contributed by atoms with Gasteiger partial charge in [-0.25, -0.2) is 14.4 Å². The molecule has 3 aromatic heterocycles. The second-order valence-corrected chi connectivity index (χ2v) is 7.14.